The molecule has 1 aromatic rings. The fraction of sp³-hybridized carbons (Fsp3) is 0.682. The first-order valence-electron chi connectivity index (χ1n) is 10.1. The lowest BCUT2D eigenvalue weighted by atomic mass is 9.59. The van der Waals surface area contributed by atoms with Gasteiger partial charge in [0.1, 0.15) is 6.61 Å². The Labute approximate surface area is 163 Å². The number of aliphatic hydroxyl groups is 2. The summed E-state index contributed by atoms with van der Waals surface area (Å²) in [5.74, 6) is 0.641. The van der Waals surface area contributed by atoms with Gasteiger partial charge < -0.3 is 20.0 Å². The van der Waals surface area contributed by atoms with E-state index in [1.165, 1.54) is 5.56 Å². The Bertz CT molecular complexity index is 645. The van der Waals surface area contributed by atoms with Gasteiger partial charge in [0.25, 0.3) is 0 Å². The summed E-state index contributed by atoms with van der Waals surface area (Å²) >= 11 is 0. The normalized spacial score (nSPS) is 33.6. The zero-order valence-electron chi connectivity index (χ0n) is 16.9. The molecule has 3 rings (SSSR count). The van der Waals surface area contributed by atoms with Gasteiger partial charge in [0.15, 0.2) is 0 Å². The first-order chi connectivity index (χ1) is 12.9. The molecule has 5 nitrogen and oxygen atoms in total. The van der Waals surface area contributed by atoms with Crippen LogP contribution in [0.1, 0.15) is 56.1 Å². The summed E-state index contributed by atoms with van der Waals surface area (Å²) in [6.45, 7) is 3.73. The lowest BCUT2D eigenvalue weighted by Crippen LogP contribution is -2.49. The Balaban J connectivity index is 1.64. The second-order valence-electron chi connectivity index (χ2n) is 8.82. The highest BCUT2D eigenvalue weighted by Crippen LogP contribution is 2.60. The van der Waals surface area contributed by atoms with Crippen LogP contribution in [0.25, 0.3) is 0 Å². The number of oxime groups is 1. The van der Waals surface area contributed by atoms with Crippen LogP contribution >= 0.6 is 0 Å². The third-order valence-corrected chi connectivity index (χ3v) is 6.93. The van der Waals surface area contributed by atoms with Crippen molar-refractivity contribution in [2.75, 3.05) is 27.2 Å². The minimum absolute atomic E-state index is 0.0740. The molecule has 27 heavy (non-hydrogen) atoms. The third-order valence-electron chi connectivity index (χ3n) is 6.93. The van der Waals surface area contributed by atoms with E-state index in [-0.39, 0.29) is 17.9 Å². The minimum Gasteiger partial charge on any atom is -0.395 e. The second-order valence-corrected chi connectivity index (χ2v) is 8.82. The average molecular weight is 375 g/mol. The molecule has 4 atom stereocenters. The van der Waals surface area contributed by atoms with Crippen LogP contribution in [0.3, 0.4) is 0 Å². The first-order valence-corrected chi connectivity index (χ1v) is 10.1. The van der Waals surface area contributed by atoms with Crippen molar-refractivity contribution in [2.45, 2.75) is 57.2 Å². The predicted molar refractivity (Wildman–Crippen MR) is 108 cm³/mol. The lowest BCUT2D eigenvalue weighted by Gasteiger charge is -2.48. The van der Waals surface area contributed by atoms with Crippen LogP contribution in [0.4, 0.5) is 0 Å². The maximum atomic E-state index is 11.5. The monoisotopic (exact) mass is 374 g/mol. The highest BCUT2D eigenvalue weighted by Gasteiger charge is 2.58. The van der Waals surface area contributed by atoms with E-state index in [1.54, 1.807) is 0 Å². The molecule has 1 aromatic carbocycles. The van der Waals surface area contributed by atoms with Crippen molar-refractivity contribution in [3.63, 3.8) is 0 Å². The Kier molecular flexibility index (Phi) is 6.24. The predicted octanol–water partition coefficient (Wildman–Crippen LogP) is 3.16. The van der Waals surface area contributed by atoms with Gasteiger partial charge in [-0.1, -0.05) is 36.3 Å². The topological polar surface area (TPSA) is 65.3 Å². The summed E-state index contributed by atoms with van der Waals surface area (Å²) < 4.78 is 0. The van der Waals surface area contributed by atoms with E-state index < -0.39 is 5.60 Å². The molecular formula is C22H34N2O3. The number of hydrogen-bond donors (Lipinski definition) is 2. The number of benzene rings is 1. The van der Waals surface area contributed by atoms with Gasteiger partial charge in [-0.15, -0.1) is 0 Å². The van der Waals surface area contributed by atoms with E-state index in [9.17, 15) is 10.2 Å². The largest absolute Gasteiger partial charge is 0.395 e. The Morgan fingerprint density at radius 2 is 1.96 bits per heavy atom. The Morgan fingerprint density at radius 3 is 2.63 bits per heavy atom. The van der Waals surface area contributed by atoms with E-state index >= 15 is 0 Å². The van der Waals surface area contributed by atoms with Crippen LogP contribution in [-0.2, 0) is 11.4 Å². The molecule has 0 saturated heterocycles. The molecule has 0 aliphatic heterocycles. The molecule has 0 amide bonds. The summed E-state index contributed by atoms with van der Waals surface area (Å²) in [4.78, 5) is 7.47. The fourth-order valence-electron chi connectivity index (χ4n) is 4.89. The number of likely N-dealkylation sites (N-methyl/N-ethyl adjacent to an activating group) is 1. The number of hydrogen-bond acceptors (Lipinski definition) is 5. The van der Waals surface area contributed by atoms with Crippen molar-refractivity contribution in [1.82, 2.24) is 4.90 Å². The van der Waals surface area contributed by atoms with Crippen molar-refractivity contribution >= 4 is 6.21 Å². The van der Waals surface area contributed by atoms with Crippen molar-refractivity contribution in [2.24, 2.45) is 16.5 Å². The summed E-state index contributed by atoms with van der Waals surface area (Å²) in [6.07, 6.45) is 6.58. The molecule has 2 fully saturated rings. The van der Waals surface area contributed by atoms with Crippen molar-refractivity contribution < 1.29 is 15.1 Å². The number of fused-ring (bicyclic) bond motifs is 1. The van der Waals surface area contributed by atoms with Crippen molar-refractivity contribution in [3.8, 4) is 0 Å². The SMILES string of the molecule is CN(C)CCO/N=C/[C@H]1CC[C@]2(O)C[C@@H](c3ccc(CO)cc3)CC[C@]12C. The Hall–Kier alpha value is -1.43. The molecule has 150 valence electrons. The molecule has 2 saturated carbocycles. The molecule has 2 aliphatic rings. The summed E-state index contributed by atoms with van der Waals surface area (Å²) in [5, 5.41) is 24.9. The van der Waals surface area contributed by atoms with E-state index in [1.807, 2.05) is 32.4 Å². The quantitative estimate of drug-likeness (QED) is 0.437. The van der Waals surface area contributed by atoms with Crippen LogP contribution in [0, 0.1) is 11.3 Å². The van der Waals surface area contributed by atoms with Crippen LogP contribution in [0.15, 0.2) is 29.4 Å². The van der Waals surface area contributed by atoms with Crippen LogP contribution in [0.5, 0.6) is 0 Å². The molecule has 2 N–H and O–H groups in total. The van der Waals surface area contributed by atoms with Crippen molar-refractivity contribution in [3.05, 3.63) is 35.4 Å². The van der Waals surface area contributed by atoms with Gasteiger partial charge in [0, 0.05) is 24.1 Å². The minimum atomic E-state index is -0.647. The standard InChI is InChI=1S/C22H34N2O3/c1-21-10-8-19(18-6-4-17(16-25)5-7-18)14-22(21,26)11-9-20(21)15-23-27-13-12-24(2)3/h4-7,15,19-20,25-26H,8-14,16H2,1-3H3/b23-15+/t19-,20+,21+,22-/m0/s1. The van der Waals surface area contributed by atoms with Gasteiger partial charge in [-0.3, -0.25) is 0 Å². The van der Waals surface area contributed by atoms with Gasteiger partial charge in [-0.05, 0) is 63.2 Å². The van der Waals surface area contributed by atoms with E-state index in [0.29, 0.717) is 12.5 Å². The Morgan fingerprint density at radius 1 is 1.22 bits per heavy atom. The lowest BCUT2D eigenvalue weighted by molar-refractivity contribution is -0.0959. The number of nitrogens with zero attached hydrogens (tertiary/aromatic N) is 2. The summed E-state index contributed by atoms with van der Waals surface area (Å²) in [6, 6.07) is 8.19. The molecule has 0 spiro atoms. The number of aliphatic hydroxyl groups excluding tert-OH is 1. The first kappa shape index (κ1) is 20.3. The van der Waals surface area contributed by atoms with Gasteiger partial charge in [-0.25, -0.2) is 0 Å². The average Bonchev–Trinajstić information content (AvgIpc) is 2.92. The highest BCUT2D eigenvalue weighted by molar-refractivity contribution is 5.62. The molecule has 0 aromatic heterocycles. The molecule has 5 heteroatoms. The number of rotatable bonds is 7. The summed E-state index contributed by atoms with van der Waals surface area (Å²) in [7, 11) is 4.03. The second kappa shape index (κ2) is 8.29. The van der Waals surface area contributed by atoms with E-state index in [0.717, 1.165) is 44.2 Å². The molecule has 0 bridgehead atoms. The van der Waals surface area contributed by atoms with Crippen molar-refractivity contribution in [1.29, 1.82) is 0 Å². The van der Waals surface area contributed by atoms with Crippen LogP contribution in [0.2, 0.25) is 0 Å². The van der Waals surface area contributed by atoms with E-state index in [2.05, 4.69) is 29.1 Å². The van der Waals surface area contributed by atoms with Gasteiger partial charge in [-0.2, -0.15) is 0 Å². The molecule has 0 radical (unpaired) electrons. The summed E-state index contributed by atoms with van der Waals surface area (Å²) in [5.41, 5.74) is 1.42. The van der Waals surface area contributed by atoms with Gasteiger partial charge in [0.05, 0.1) is 12.2 Å². The maximum Gasteiger partial charge on any atom is 0.129 e. The van der Waals surface area contributed by atoms with Crippen LogP contribution < -0.4 is 0 Å². The molecule has 0 heterocycles. The van der Waals surface area contributed by atoms with Crippen LogP contribution in [-0.4, -0.2) is 54.2 Å². The molecule has 0 unspecified atom stereocenters. The zero-order chi connectivity index (χ0) is 19.5. The van der Waals surface area contributed by atoms with Gasteiger partial charge in [0.2, 0.25) is 0 Å². The third kappa shape index (κ3) is 4.20. The fourth-order valence-corrected chi connectivity index (χ4v) is 4.89. The maximum absolute atomic E-state index is 11.5. The van der Waals surface area contributed by atoms with E-state index in [4.69, 9.17) is 4.84 Å². The molecular weight excluding hydrogens is 340 g/mol. The highest BCUT2D eigenvalue weighted by atomic mass is 16.6. The zero-order valence-corrected chi connectivity index (χ0v) is 16.9. The molecule has 2 aliphatic carbocycles. The smallest absolute Gasteiger partial charge is 0.129 e. The van der Waals surface area contributed by atoms with Gasteiger partial charge >= 0.3 is 0 Å².